The smallest absolute Gasteiger partial charge is 0.265 e. The van der Waals surface area contributed by atoms with Crippen molar-refractivity contribution in [3.05, 3.63) is 88.1 Å². The minimum atomic E-state index is -0.223. The Kier molecular flexibility index (Phi) is 8.14. The third-order valence-electron chi connectivity index (χ3n) is 4.98. The van der Waals surface area contributed by atoms with Crippen molar-refractivity contribution >= 4 is 47.3 Å². The number of amides is 1. The molecule has 0 saturated heterocycles. The van der Waals surface area contributed by atoms with Gasteiger partial charge in [-0.25, -0.2) is 4.98 Å². The van der Waals surface area contributed by atoms with Crippen molar-refractivity contribution in [2.45, 2.75) is 26.2 Å². The van der Waals surface area contributed by atoms with Gasteiger partial charge in [0.15, 0.2) is 0 Å². The lowest BCUT2D eigenvalue weighted by Gasteiger charge is -2.09. The van der Waals surface area contributed by atoms with Gasteiger partial charge in [-0.2, -0.15) is 0 Å². The van der Waals surface area contributed by atoms with Crippen LogP contribution in [0, 0.1) is 0 Å². The lowest BCUT2D eigenvalue weighted by atomic mass is 10.0. The molecule has 0 atom stereocenters. The summed E-state index contributed by atoms with van der Waals surface area (Å²) >= 11 is 0. The number of nitrogens with one attached hydrogen (secondary N) is 1. The van der Waals surface area contributed by atoms with E-state index in [9.17, 15) is 9.59 Å². The van der Waals surface area contributed by atoms with Crippen LogP contribution < -0.4 is 10.9 Å². The molecular weight excluding hydrogens is 435 g/mol. The molecule has 4 rings (SSSR count). The summed E-state index contributed by atoms with van der Waals surface area (Å²) in [6, 6.07) is 13.0. The molecule has 0 aliphatic rings. The molecule has 0 bridgehead atoms. The van der Waals surface area contributed by atoms with Crippen LogP contribution in [0.5, 0.6) is 0 Å². The largest absolute Gasteiger partial charge is 0.352 e. The highest BCUT2D eigenvalue weighted by Crippen LogP contribution is 2.19. The van der Waals surface area contributed by atoms with Crippen molar-refractivity contribution in [1.29, 1.82) is 0 Å². The molecule has 0 aliphatic heterocycles. The van der Waals surface area contributed by atoms with Crippen molar-refractivity contribution in [3.8, 4) is 0 Å². The van der Waals surface area contributed by atoms with Crippen LogP contribution in [0.4, 0.5) is 0 Å². The summed E-state index contributed by atoms with van der Waals surface area (Å²) in [6.07, 6.45) is 5.75. The van der Waals surface area contributed by atoms with Crippen LogP contribution in [0.15, 0.2) is 65.8 Å². The standard InChI is InChI=1S/C23H22N4O2.2ClH/c1-15(2)17-5-7-20-19(12-17)23(29)27-14-18(6-8-21(27)26-20)22(28)25-11-9-16-4-3-10-24-13-16;;/h3-8,10,12-15H,9,11H2,1-2H3,(H,25,28);2*1H. The second-order valence-electron chi connectivity index (χ2n) is 7.36. The number of pyridine rings is 2. The lowest BCUT2D eigenvalue weighted by molar-refractivity contribution is 0.0953. The molecule has 6 nitrogen and oxygen atoms in total. The fourth-order valence-corrected chi connectivity index (χ4v) is 3.28. The zero-order chi connectivity index (χ0) is 20.4. The van der Waals surface area contributed by atoms with Gasteiger partial charge in [-0.3, -0.25) is 19.0 Å². The molecule has 0 saturated carbocycles. The normalized spacial score (nSPS) is 10.5. The van der Waals surface area contributed by atoms with E-state index >= 15 is 0 Å². The van der Waals surface area contributed by atoms with Gasteiger partial charge in [0.25, 0.3) is 11.5 Å². The molecule has 0 spiro atoms. The van der Waals surface area contributed by atoms with Gasteiger partial charge in [-0.15, -0.1) is 24.8 Å². The predicted octanol–water partition coefficient (Wildman–Crippen LogP) is 4.18. The van der Waals surface area contributed by atoms with Crippen molar-refractivity contribution in [2.24, 2.45) is 0 Å². The summed E-state index contributed by atoms with van der Waals surface area (Å²) in [6.45, 7) is 4.66. The van der Waals surface area contributed by atoms with E-state index in [0.717, 1.165) is 11.1 Å². The Bertz CT molecular complexity index is 1260. The number of carbonyl (C=O) groups excluding carboxylic acids is 1. The van der Waals surface area contributed by atoms with Crippen LogP contribution in [0.25, 0.3) is 16.6 Å². The molecule has 0 fully saturated rings. The van der Waals surface area contributed by atoms with E-state index in [4.69, 9.17) is 0 Å². The molecule has 31 heavy (non-hydrogen) atoms. The number of rotatable bonds is 5. The minimum Gasteiger partial charge on any atom is -0.352 e. The van der Waals surface area contributed by atoms with Gasteiger partial charge in [0.2, 0.25) is 0 Å². The van der Waals surface area contributed by atoms with Crippen molar-refractivity contribution in [1.82, 2.24) is 19.7 Å². The molecule has 1 N–H and O–H groups in total. The quantitative estimate of drug-likeness (QED) is 0.455. The van der Waals surface area contributed by atoms with E-state index in [1.165, 1.54) is 4.40 Å². The molecule has 3 aromatic heterocycles. The summed E-state index contributed by atoms with van der Waals surface area (Å²) in [5.74, 6) is 0.0927. The number of hydrogen-bond acceptors (Lipinski definition) is 4. The van der Waals surface area contributed by atoms with Gasteiger partial charge in [0, 0.05) is 25.1 Å². The zero-order valence-corrected chi connectivity index (χ0v) is 18.9. The van der Waals surface area contributed by atoms with Crippen LogP contribution >= 0.6 is 24.8 Å². The van der Waals surface area contributed by atoms with Crippen LogP contribution in [0.1, 0.15) is 41.3 Å². The highest BCUT2D eigenvalue weighted by molar-refractivity contribution is 5.94. The first-order valence-corrected chi connectivity index (χ1v) is 9.66. The topological polar surface area (TPSA) is 76.4 Å². The monoisotopic (exact) mass is 458 g/mol. The lowest BCUT2D eigenvalue weighted by Crippen LogP contribution is -2.27. The SMILES string of the molecule is CC(C)c1ccc2nc3ccc(C(=O)NCCc4cccnc4)cn3c(=O)c2c1.Cl.Cl. The molecule has 162 valence electrons. The zero-order valence-electron chi connectivity index (χ0n) is 17.2. The third-order valence-corrected chi connectivity index (χ3v) is 4.98. The minimum absolute atomic E-state index is 0. The summed E-state index contributed by atoms with van der Waals surface area (Å²) in [5.41, 5.74) is 3.57. The van der Waals surface area contributed by atoms with Crippen molar-refractivity contribution < 1.29 is 4.79 Å². The Morgan fingerprint density at radius 3 is 2.65 bits per heavy atom. The number of fused-ring (bicyclic) bond motifs is 2. The van der Waals surface area contributed by atoms with Gasteiger partial charge >= 0.3 is 0 Å². The predicted molar refractivity (Wildman–Crippen MR) is 128 cm³/mol. The van der Waals surface area contributed by atoms with E-state index in [2.05, 4.69) is 29.1 Å². The maximum atomic E-state index is 13.0. The number of benzene rings is 1. The summed E-state index contributed by atoms with van der Waals surface area (Å²) in [5, 5.41) is 3.45. The number of aromatic nitrogens is 3. The number of nitrogens with zero attached hydrogens (tertiary/aromatic N) is 3. The van der Waals surface area contributed by atoms with Crippen LogP contribution in [0.2, 0.25) is 0 Å². The fraction of sp³-hybridized carbons (Fsp3) is 0.217. The number of halogens is 2. The molecule has 0 unspecified atom stereocenters. The molecule has 8 heteroatoms. The van der Waals surface area contributed by atoms with Gasteiger partial charge in [-0.1, -0.05) is 26.0 Å². The maximum Gasteiger partial charge on any atom is 0.265 e. The summed E-state index contributed by atoms with van der Waals surface area (Å²) in [4.78, 5) is 34.2. The highest BCUT2D eigenvalue weighted by Gasteiger charge is 2.11. The third kappa shape index (κ3) is 5.21. The summed E-state index contributed by atoms with van der Waals surface area (Å²) in [7, 11) is 0. The second kappa shape index (κ2) is 10.4. The molecule has 0 radical (unpaired) electrons. The first-order valence-electron chi connectivity index (χ1n) is 9.66. The Hall–Kier alpha value is -2.96. The number of carbonyl (C=O) groups is 1. The van der Waals surface area contributed by atoms with Gasteiger partial charge in [-0.05, 0) is 53.8 Å². The first kappa shape index (κ1) is 24.3. The molecule has 1 aromatic carbocycles. The average Bonchev–Trinajstić information content (AvgIpc) is 2.74. The van der Waals surface area contributed by atoms with Crippen LogP contribution in [-0.4, -0.2) is 26.8 Å². The molecular formula is C23H24Cl2N4O2. The second-order valence-corrected chi connectivity index (χ2v) is 7.36. The van der Waals surface area contributed by atoms with E-state index in [1.807, 2.05) is 30.3 Å². The van der Waals surface area contributed by atoms with Gasteiger partial charge in [0.05, 0.1) is 16.5 Å². The average molecular weight is 459 g/mol. The maximum absolute atomic E-state index is 13.0. The molecule has 0 aliphatic carbocycles. The van der Waals surface area contributed by atoms with Gasteiger partial charge in [0.1, 0.15) is 5.65 Å². The van der Waals surface area contributed by atoms with E-state index < -0.39 is 0 Å². The Balaban J connectivity index is 0.00000171. The van der Waals surface area contributed by atoms with Crippen molar-refractivity contribution in [2.75, 3.05) is 6.54 Å². The Labute approximate surface area is 192 Å². The van der Waals surface area contributed by atoms with Crippen molar-refractivity contribution in [3.63, 3.8) is 0 Å². The van der Waals surface area contributed by atoms with Crippen LogP contribution in [0.3, 0.4) is 0 Å². The fourth-order valence-electron chi connectivity index (χ4n) is 3.28. The molecule has 3 heterocycles. The van der Waals surface area contributed by atoms with Crippen LogP contribution in [-0.2, 0) is 6.42 Å². The highest BCUT2D eigenvalue weighted by atomic mass is 35.5. The van der Waals surface area contributed by atoms with Gasteiger partial charge < -0.3 is 5.32 Å². The number of hydrogen-bond donors (Lipinski definition) is 1. The molecule has 1 amide bonds. The van der Waals surface area contributed by atoms with E-state index in [-0.39, 0.29) is 36.3 Å². The van der Waals surface area contributed by atoms with E-state index in [1.54, 1.807) is 30.7 Å². The summed E-state index contributed by atoms with van der Waals surface area (Å²) < 4.78 is 1.45. The molecule has 4 aromatic rings. The first-order chi connectivity index (χ1) is 14.0. The Morgan fingerprint density at radius 2 is 1.94 bits per heavy atom. The Morgan fingerprint density at radius 1 is 1.13 bits per heavy atom. The van der Waals surface area contributed by atoms with E-state index in [0.29, 0.717) is 41.0 Å².